The van der Waals surface area contributed by atoms with Crippen molar-refractivity contribution in [2.75, 3.05) is 6.61 Å². The first kappa shape index (κ1) is 16.0. The summed E-state index contributed by atoms with van der Waals surface area (Å²) in [7, 11) is 0. The van der Waals surface area contributed by atoms with Gasteiger partial charge >= 0.3 is 0 Å². The lowest BCUT2D eigenvalue weighted by molar-refractivity contribution is -0.121. The van der Waals surface area contributed by atoms with Crippen molar-refractivity contribution in [3.8, 4) is 0 Å². The van der Waals surface area contributed by atoms with E-state index in [4.69, 9.17) is 0 Å². The lowest BCUT2D eigenvalue weighted by Crippen LogP contribution is -2.50. The van der Waals surface area contributed by atoms with Gasteiger partial charge in [0.1, 0.15) is 0 Å². The number of aliphatic hydroxyl groups excluding tert-OH is 1. The minimum atomic E-state index is -0.256. The van der Waals surface area contributed by atoms with Crippen molar-refractivity contribution in [3.63, 3.8) is 0 Å². The highest BCUT2D eigenvalue weighted by atomic mass is 16.3. The van der Waals surface area contributed by atoms with Crippen LogP contribution in [0.2, 0.25) is 0 Å². The maximum absolute atomic E-state index is 12.3. The molecule has 0 amide bonds. The number of carbonyl (C=O) groups excluding carboxylic acids is 1. The van der Waals surface area contributed by atoms with Gasteiger partial charge in [-0.05, 0) is 60.8 Å². The van der Waals surface area contributed by atoms with E-state index < -0.39 is 0 Å². The molecule has 0 aromatic rings. The van der Waals surface area contributed by atoms with Gasteiger partial charge in [0.15, 0.2) is 5.78 Å². The van der Waals surface area contributed by atoms with Gasteiger partial charge in [-0.25, -0.2) is 0 Å². The van der Waals surface area contributed by atoms with Crippen LogP contribution < -0.4 is 0 Å². The third-order valence-electron chi connectivity index (χ3n) is 7.26. The van der Waals surface area contributed by atoms with E-state index in [1.807, 2.05) is 6.08 Å². The Morgan fingerprint density at radius 1 is 1.32 bits per heavy atom. The average molecular weight is 302 g/mol. The lowest BCUT2D eigenvalue weighted by Gasteiger charge is -2.58. The van der Waals surface area contributed by atoms with E-state index in [9.17, 15) is 9.90 Å². The summed E-state index contributed by atoms with van der Waals surface area (Å²) in [6.07, 6.45) is 10.4. The van der Waals surface area contributed by atoms with Crippen LogP contribution in [0, 0.1) is 28.1 Å². The molecule has 122 valence electrons. The number of aliphatic hydroxyl groups is 1. The molecule has 0 aromatic carbocycles. The Hall–Kier alpha value is -0.890. The summed E-state index contributed by atoms with van der Waals surface area (Å²) in [6.45, 7) is 11.0. The minimum absolute atomic E-state index is 0.117. The molecule has 2 fully saturated rings. The van der Waals surface area contributed by atoms with Gasteiger partial charge in [-0.1, -0.05) is 32.4 Å². The number of carbonyl (C=O) groups is 1. The van der Waals surface area contributed by atoms with Crippen LogP contribution in [0.25, 0.3) is 0 Å². The van der Waals surface area contributed by atoms with Crippen molar-refractivity contribution in [1.29, 1.82) is 0 Å². The largest absolute Gasteiger partial charge is 0.396 e. The summed E-state index contributed by atoms with van der Waals surface area (Å²) < 4.78 is 0. The average Bonchev–Trinajstić information content (AvgIpc) is 2.48. The zero-order valence-corrected chi connectivity index (χ0v) is 14.3. The molecular weight excluding hydrogens is 272 g/mol. The summed E-state index contributed by atoms with van der Waals surface area (Å²) >= 11 is 0. The second-order valence-electron chi connectivity index (χ2n) is 8.86. The molecule has 3 aliphatic rings. The van der Waals surface area contributed by atoms with Crippen LogP contribution in [0.4, 0.5) is 0 Å². The number of ketones is 1. The molecule has 1 N–H and O–H groups in total. The molecule has 0 spiro atoms. The predicted octanol–water partition coefficient (Wildman–Crippen LogP) is 4.29. The maximum Gasteiger partial charge on any atom is 0.156 e. The standard InChI is InChI=1S/C20H30O2/c1-5-18(2)8-9-20(4)14(11-18)6-7-16-17(20)10-15(22)12-19(16,3)13-21/h5,10,14,16,21H,1,6-9,11-13H2,2-4H3. The second-order valence-corrected chi connectivity index (χ2v) is 8.86. The second kappa shape index (κ2) is 5.06. The van der Waals surface area contributed by atoms with E-state index in [2.05, 4.69) is 33.4 Å². The molecule has 2 nitrogen and oxygen atoms in total. The van der Waals surface area contributed by atoms with Crippen LogP contribution in [0.3, 0.4) is 0 Å². The Bertz CT molecular complexity index is 534. The van der Waals surface area contributed by atoms with Gasteiger partial charge < -0.3 is 5.11 Å². The molecule has 5 atom stereocenters. The fourth-order valence-electron chi connectivity index (χ4n) is 5.45. The van der Waals surface area contributed by atoms with Gasteiger partial charge in [-0.3, -0.25) is 4.79 Å². The van der Waals surface area contributed by atoms with Crippen LogP contribution in [0.1, 0.15) is 59.3 Å². The molecule has 3 aliphatic carbocycles. The van der Waals surface area contributed by atoms with Gasteiger partial charge in [0.2, 0.25) is 0 Å². The van der Waals surface area contributed by atoms with Crippen molar-refractivity contribution in [1.82, 2.24) is 0 Å². The van der Waals surface area contributed by atoms with E-state index in [1.165, 1.54) is 18.4 Å². The minimum Gasteiger partial charge on any atom is -0.396 e. The number of rotatable bonds is 2. The van der Waals surface area contributed by atoms with Crippen molar-refractivity contribution in [2.24, 2.45) is 28.1 Å². The van der Waals surface area contributed by atoms with Crippen LogP contribution in [-0.2, 0) is 4.79 Å². The summed E-state index contributed by atoms with van der Waals surface area (Å²) in [6, 6.07) is 0. The Morgan fingerprint density at radius 2 is 2.05 bits per heavy atom. The smallest absolute Gasteiger partial charge is 0.156 e. The lowest BCUT2D eigenvalue weighted by atomic mass is 9.47. The first-order valence-electron chi connectivity index (χ1n) is 8.76. The van der Waals surface area contributed by atoms with Crippen molar-refractivity contribution < 1.29 is 9.90 Å². The summed E-state index contributed by atoms with van der Waals surface area (Å²) in [5, 5.41) is 9.92. The summed E-state index contributed by atoms with van der Waals surface area (Å²) in [5.74, 6) is 1.23. The van der Waals surface area contributed by atoms with Gasteiger partial charge in [0.25, 0.3) is 0 Å². The predicted molar refractivity (Wildman–Crippen MR) is 89.4 cm³/mol. The Kier molecular flexibility index (Phi) is 3.67. The van der Waals surface area contributed by atoms with Crippen LogP contribution in [0.15, 0.2) is 24.3 Å². The van der Waals surface area contributed by atoms with Crippen LogP contribution >= 0.6 is 0 Å². The molecule has 5 unspecified atom stereocenters. The molecule has 2 heteroatoms. The molecule has 0 saturated heterocycles. The fraction of sp³-hybridized carbons (Fsp3) is 0.750. The van der Waals surface area contributed by atoms with E-state index in [1.54, 1.807) is 0 Å². The van der Waals surface area contributed by atoms with Gasteiger partial charge in [0.05, 0.1) is 0 Å². The molecule has 0 aliphatic heterocycles. The number of hydrogen-bond donors (Lipinski definition) is 1. The van der Waals surface area contributed by atoms with Crippen molar-refractivity contribution >= 4 is 5.78 Å². The fourth-order valence-corrected chi connectivity index (χ4v) is 5.45. The van der Waals surface area contributed by atoms with Gasteiger partial charge in [-0.2, -0.15) is 0 Å². The highest BCUT2D eigenvalue weighted by Crippen LogP contribution is 2.63. The highest BCUT2D eigenvalue weighted by Gasteiger charge is 2.54. The van der Waals surface area contributed by atoms with Crippen LogP contribution in [0.5, 0.6) is 0 Å². The molecular formula is C20H30O2. The molecule has 0 bridgehead atoms. The third kappa shape index (κ3) is 2.22. The molecule has 0 radical (unpaired) electrons. The monoisotopic (exact) mass is 302 g/mol. The SMILES string of the molecule is C=CC1(C)CCC2(C)C3=CC(=O)CC(C)(CO)C3CCC2C1. The molecule has 2 saturated carbocycles. The highest BCUT2D eigenvalue weighted by molar-refractivity contribution is 5.92. The molecule has 0 aromatic heterocycles. The first-order valence-corrected chi connectivity index (χ1v) is 8.76. The first-order chi connectivity index (χ1) is 10.3. The van der Waals surface area contributed by atoms with E-state index in [0.29, 0.717) is 18.3 Å². The Labute approximate surface area is 134 Å². The summed E-state index contributed by atoms with van der Waals surface area (Å²) in [4.78, 5) is 12.3. The van der Waals surface area contributed by atoms with Gasteiger partial charge in [-0.15, -0.1) is 6.58 Å². The third-order valence-corrected chi connectivity index (χ3v) is 7.26. The number of fused-ring (bicyclic) bond motifs is 3. The Balaban J connectivity index is 1.99. The zero-order chi connectivity index (χ0) is 16.2. The van der Waals surface area contributed by atoms with E-state index >= 15 is 0 Å². The normalized spacial score (nSPS) is 48.2. The molecule has 22 heavy (non-hydrogen) atoms. The number of allylic oxidation sites excluding steroid dienone is 3. The van der Waals surface area contributed by atoms with Crippen molar-refractivity contribution in [2.45, 2.75) is 59.3 Å². The quantitative estimate of drug-likeness (QED) is 0.772. The van der Waals surface area contributed by atoms with Crippen LogP contribution in [-0.4, -0.2) is 17.5 Å². The zero-order valence-electron chi connectivity index (χ0n) is 14.3. The molecule has 0 heterocycles. The topological polar surface area (TPSA) is 37.3 Å². The van der Waals surface area contributed by atoms with E-state index in [-0.39, 0.29) is 28.6 Å². The Morgan fingerprint density at radius 3 is 2.68 bits per heavy atom. The molecule has 3 rings (SSSR count). The number of hydrogen-bond acceptors (Lipinski definition) is 2. The van der Waals surface area contributed by atoms with Crippen molar-refractivity contribution in [3.05, 3.63) is 24.3 Å². The van der Waals surface area contributed by atoms with E-state index in [0.717, 1.165) is 19.3 Å². The van der Waals surface area contributed by atoms with Gasteiger partial charge in [0, 0.05) is 18.4 Å². The summed E-state index contributed by atoms with van der Waals surface area (Å²) in [5.41, 5.74) is 1.48. The maximum atomic E-state index is 12.3.